The summed E-state index contributed by atoms with van der Waals surface area (Å²) in [6.07, 6.45) is 2.26. The fourth-order valence-electron chi connectivity index (χ4n) is 3.87. The van der Waals surface area contributed by atoms with Gasteiger partial charge in [-0.1, -0.05) is 18.2 Å². The second kappa shape index (κ2) is 9.71. The van der Waals surface area contributed by atoms with Crippen LogP contribution in [0.4, 0.5) is 4.79 Å². The molecule has 3 aromatic rings. The summed E-state index contributed by atoms with van der Waals surface area (Å²) in [6, 6.07) is 12.4. The number of benzene rings is 2. The van der Waals surface area contributed by atoms with E-state index >= 15 is 0 Å². The molecule has 2 aromatic carbocycles. The Morgan fingerprint density at radius 3 is 2.77 bits per heavy atom. The van der Waals surface area contributed by atoms with Gasteiger partial charge >= 0.3 is 5.76 Å². The fraction of sp³-hybridized carbons (Fsp3) is 0.250. The number of oxazole rings is 1. The SMILES string of the molecule is O=C(CCCn1c(=O)oc2ccccc21)NCCN1C(=O)S/C(=C/c2ccc3c(c2)OCO3)C1=O. The van der Waals surface area contributed by atoms with Crippen molar-refractivity contribution in [3.8, 4) is 11.5 Å². The van der Waals surface area contributed by atoms with Crippen molar-refractivity contribution in [2.45, 2.75) is 19.4 Å². The van der Waals surface area contributed by atoms with Crippen molar-refractivity contribution >= 4 is 46.0 Å². The van der Waals surface area contributed by atoms with Crippen LogP contribution in [0.15, 0.2) is 56.6 Å². The summed E-state index contributed by atoms with van der Waals surface area (Å²) >= 11 is 0.856. The average molecular weight is 496 g/mol. The number of carbonyl (C=O) groups excluding carboxylic acids is 3. The molecule has 0 atom stereocenters. The first-order valence-corrected chi connectivity index (χ1v) is 11.8. The van der Waals surface area contributed by atoms with E-state index in [1.165, 1.54) is 4.57 Å². The second-order valence-electron chi connectivity index (χ2n) is 7.89. The predicted octanol–water partition coefficient (Wildman–Crippen LogP) is 2.96. The quantitative estimate of drug-likeness (QED) is 0.474. The van der Waals surface area contributed by atoms with Crippen LogP contribution in [0.25, 0.3) is 17.2 Å². The lowest BCUT2D eigenvalue weighted by Gasteiger charge is -2.13. The molecule has 0 unspecified atom stereocenters. The number of hydrogen-bond donors (Lipinski definition) is 1. The third kappa shape index (κ3) is 4.80. The molecule has 0 aliphatic carbocycles. The Morgan fingerprint density at radius 2 is 1.89 bits per heavy atom. The molecule has 1 fully saturated rings. The van der Waals surface area contributed by atoms with Crippen molar-refractivity contribution in [1.29, 1.82) is 0 Å². The molecule has 35 heavy (non-hydrogen) atoms. The zero-order valence-corrected chi connectivity index (χ0v) is 19.3. The van der Waals surface area contributed by atoms with E-state index in [1.807, 2.05) is 6.07 Å². The number of aromatic nitrogens is 1. The second-order valence-corrected chi connectivity index (χ2v) is 8.88. The first-order valence-electron chi connectivity index (χ1n) is 11.0. The molecule has 5 rings (SSSR count). The van der Waals surface area contributed by atoms with Crippen LogP contribution >= 0.6 is 11.8 Å². The van der Waals surface area contributed by atoms with Gasteiger partial charge in [0.1, 0.15) is 0 Å². The van der Waals surface area contributed by atoms with Crippen LogP contribution in [0.3, 0.4) is 0 Å². The first kappa shape index (κ1) is 22.8. The van der Waals surface area contributed by atoms with E-state index in [1.54, 1.807) is 42.5 Å². The van der Waals surface area contributed by atoms with Crippen molar-refractivity contribution in [2.24, 2.45) is 0 Å². The van der Waals surface area contributed by atoms with E-state index in [0.29, 0.717) is 40.5 Å². The molecule has 1 saturated heterocycles. The maximum atomic E-state index is 12.7. The van der Waals surface area contributed by atoms with Crippen LogP contribution in [-0.4, -0.2) is 46.4 Å². The van der Waals surface area contributed by atoms with Crippen LogP contribution in [0, 0.1) is 0 Å². The number of hydrogen-bond acceptors (Lipinski definition) is 8. The van der Waals surface area contributed by atoms with E-state index in [4.69, 9.17) is 13.9 Å². The topological polar surface area (TPSA) is 120 Å². The largest absolute Gasteiger partial charge is 0.454 e. The average Bonchev–Trinajstić information content (AvgIpc) is 3.51. The van der Waals surface area contributed by atoms with E-state index in [-0.39, 0.29) is 37.4 Å². The Hall–Kier alpha value is -3.99. The van der Waals surface area contributed by atoms with Crippen molar-refractivity contribution in [2.75, 3.05) is 19.9 Å². The minimum atomic E-state index is -0.459. The third-order valence-electron chi connectivity index (χ3n) is 5.58. The van der Waals surface area contributed by atoms with Crippen molar-refractivity contribution < 1.29 is 28.3 Å². The normalized spacial score (nSPS) is 16.0. The Bertz CT molecular complexity index is 1410. The van der Waals surface area contributed by atoms with Gasteiger partial charge in [-0.2, -0.15) is 0 Å². The lowest BCUT2D eigenvalue weighted by atomic mass is 10.2. The Balaban J connectivity index is 1.10. The Kier molecular flexibility index (Phi) is 6.32. The number of carbonyl (C=O) groups is 3. The standard InChI is InChI=1S/C24H21N3O7S/c28-21(6-3-10-26-16-4-1-2-5-17(16)34-23(26)30)25-9-11-27-22(29)20(35-24(27)31)13-15-7-8-18-19(12-15)33-14-32-18/h1-2,4-5,7-8,12-13H,3,6,9-11,14H2,(H,25,28)/b20-13+. The highest BCUT2D eigenvalue weighted by molar-refractivity contribution is 8.18. The molecule has 11 heteroatoms. The molecule has 3 amide bonds. The van der Waals surface area contributed by atoms with E-state index in [0.717, 1.165) is 22.2 Å². The third-order valence-corrected chi connectivity index (χ3v) is 6.49. The monoisotopic (exact) mass is 495 g/mol. The molecular formula is C24H21N3O7S. The number of rotatable bonds is 8. The van der Waals surface area contributed by atoms with Crippen LogP contribution in [0.1, 0.15) is 18.4 Å². The number of fused-ring (bicyclic) bond motifs is 2. The number of aryl methyl sites for hydroxylation is 1. The van der Waals surface area contributed by atoms with Crippen molar-refractivity contribution in [3.05, 3.63) is 63.5 Å². The highest BCUT2D eigenvalue weighted by Crippen LogP contribution is 2.36. The number of nitrogens with zero attached hydrogens (tertiary/aromatic N) is 2. The van der Waals surface area contributed by atoms with Gasteiger partial charge in [-0.15, -0.1) is 0 Å². The van der Waals surface area contributed by atoms with Gasteiger partial charge in [0.25, 0.3) is 11.1 Å². The zero-order valence-electron chi connectivity index (χ0n) is 18.5. The maximum absolute atomic E-state index is 12.7. The van der Waals surface area contributed by atoms with E-state index in [9.17, 15) is 19.2 Å². The number of amides is 3. The molecule has 10 nitrogen and oxygen atoms in total. The van der Waals surface area contributed by atoms with Gasteiger partial charge in [-0.05, 0) is 54.1 Å². The van der Waals surface area contributed by atoms with Gasteiger partial charge in [0.15, 0.2) is 17.1 Å². The van der Waals surface area contributed by atoms with Gasteiger partial charge in [0.2, 0.25) is 12.7 Å². The molecule has 0 spiro atoms. The van der Waals surface area contributed by atoms with Gasteiger partial charge < -0.3 is 19.2 Å². The van der Waals surface area contributed by atoms with Crippen LogP contribution in [-0.2, 0) is 16.1 Å². The van der Waals surface area contributed by atoms with Crippen LogP contribution < -0.4 is 20.5 Å². The number of ether oxygens (including phenoxy) is 2. The molecule has 3 heterocycles. The molecular weight excluding hydrogens is 474 g/mol. The summed E-state index contributed by atoms with van der Waals surface area (Å²) in [6.45, 7) is 0.709. The summed E-state index contributed by atoms with van der Waals surface area (Å²) in [7, 11) is 0. The van der Waals surface area contributed by atoms with Crippen molar-refractivity contribution in [3.63, 3.8) is 0 Å². The molecule has 1 aromatic heterocycles. The molecule has 2 aliphatic heterocycles. The number of para-hydroxylation sites is 2. The summed E-state index contributed by atoms with van der Waals surface area (Å²) in [4.78, 5) is 50.6. The maximum Gasteiger partial charge on any atom is 0.419 e. The van der Waals surface area contributed by atoms with Gasteiger partial charge in [-0.3, -0.25) is 23.9 Å². The predicted molar refractivity (Wildman–Crippen MR) is 128 cm³/mol. The summed E-state index contributed by atoms with van der Waals surface area (Å²) in [5.74, 6) is 0.134. The molecule has 180 valence electrons. The van der Waals surface area contributed by atoms with Gasteiger partial charge in [0.05, 0.1) is 10.4 Å². The molecule has 0 saturated carbocycles. The van der Waals surface area contributed by atoms with Gasteiger partial charge in [-0.25, -0.2) is 4.79 Å². The highest BCUT2D eigenvalue weighted by Gasteiger charge is 2.34. The minimum Gasteiger partial charge on any atom is -0.454 e. The Morgan fingerprint density at radius 1 is 1.06 bits per heavy atom. The molecule has 2 aliphatic rings. The summed E-state index contributed by atoms with van der Waals surface area (Å²) in [5.41, 5.74) is 1.91. The lowest BCUT2D eigenvalue weighted by Crippen LogP contribution is -2.37. The fourth-order valence-corrected chi connectivity index (χ4v) is 4.73. The van der Waals surface area contributed by atoms with Gasteiger partial charge in [0, 0.05) is 26.1 Å². The first-order chi connectivity index (χ1) is 17.0. The lowest BCUT2D eigenvalue weighted by molar-refractivity contribution is -0.124. The van der Waals surface area contributed by atoms with Crippen LogP contribution in [0.5, 0.6) is 11.5 Å². The Labute approximate surface area is 203 Å². The highest BCUT2D eigenvalue weighted by atomic mass is 32.2. The minimum absolute atomic E-state index is 0.0702. The van der Waals surface area contributed by atoms with E-state index < -0.39 is 11.7 Å². The van der Waals surface area contributed by atoms with Crippen LogP contribution in [0.2, 0.25) is 0 Å². The van der Waals surface area contributed by atoms with Crippen molar-refractivity contribution in [1.82, 2.24) is 14.8 Å². The molecule has 0 bridgehead atoms. The zero-order chi connectivity index (χ0) is 24.4. The molecule has 0 radical (unpaired) electrons. The van der Waals surface area contributed by atoms with E-state index in [2.05, 4.69) is 5.32 Å². The summed E-state index contributed by atoms with van der Waals surface area (Å²) in [5, 5.41) is 2.33. The number of nitrogens with one attached hydrogen (secondary N) is 1. The molecule has 1 N–H and O–H groups in total. The number of thioether (sulfide) groups is 1. The number of imide groups is 1. The smallest absolute Gasteiger partial charge is 0.419 e. The summed E-state index contributed by atoms with van der Waals surface area (Å²) < 4.78 is 17.3.